The SMILES string of the molecule is COc1cccc(CNc2cccc(CCCO)c2)c1. The number of rotatable bonds is 7. The topological polar surface area (TPSA) is 41.5 Å². The van der Waals surface area contributed by atoms with Gasteiger partial charge in [0.15, 0.2) is 0 Å². The highest BCUT2D eigenvalue weighted by Crippen LogP contribution is 2.16. The van der Waals surface area contributed by atoms with Gasteiger partial charge in [-0.2, -0.15) is 0 Å². The lowest BCUT2D eigenvalue weighted by molar-refractivity contribution is 0.288. The average molecular weight is 271 g/mol. The van der Waals surface area contributed by atoms with E-state index in [0.29, 0.717) is 0 Å². The number of ether oxygens (including phenoxy) is 1. The van der Waals surface area contributed by atoms with Crippen molar-refractivity contribution in [3.8, 4) is 5.75 Å². The second kappa shape index (κ2) is 7.56. The summed E-state index contributed by atoms with van der Waals surface area (Å²) in [6.07, 6.45) is 1.71. The summed E-state index contributed by atoms with van der Waals surface area (Å²) >= 11 is 0. The summed E-state index contributed by atoms with van der Waals surface area (Å²) in [6.45, 7) is 1.00. The first-order chi connectivity index (χ1) is 9.81. The Hall–Kier alpha value is -2.00. The number of aryl methyl sites for hydroxylation is 1. The van der Waals surface area contributed by atoms with Crippen LogP contribution >= 0.6 is 0 Å². The van der Waals surface area contributed by atoms with Crippen LogP contribution < -0.4 is 10.1 Å². The molecule has 0 radical (unpaired) electrons. The van der Waals surface area contributed by atoms with E-state index in [2.05, 4.69) is 29.6 Å². The third-order valence-electron chi connectivity index (χ3n) is 3.18. The molecule has 106 valence electrons. The Morgan fingerprint density at radius 3 is 2.65 bits per heavy atom. The van der Waals surface area contributed by atoms with Crippen LogP contribution in [0.5, 0.6) is 5.75 Å². The smallest absolute Gasteiger partial charge is 0.119 e. The fraction of sp³-hybridized carbons (Fsp3) is 0.294. The summed E-state index contributed by atoms with van der Waals surface area (Å²) < 4.78 is 5.22. The van der Waals surface area contributed by atoms with E-state index in [1.165, 1.54) is 11.1 Å². The van der Waals surface area contributed by atoms with Crippen LogP contribution in [0.3, 0.4) is 0 Å². The zero-order valence-electron chi connectivity index (χ0n) is 11.8. The molecule has 0 fully saturated rings. The van der Waals surface area contributed by atoms with Gasteiger partial charge in [0, 0.05) is 18.8 Å². The number of benzene rings is 2. The van der Waals surface area contributed by atoms with E-state index in [9.17, 15) is 0 Å². The zero-order valence-corrected chi connectivity index (χ0v) is 11.8. The minimum atomic E-state index is 0.238. The molecule has 0 aliphatic rings. The molecular weight excluding hydrogens is 250 g/mol. The Balaban J connectivity index is 1.95. The molecule has 2 N–H and O–H groups in total. The molecule has 2 aromatic carbocycles. The van der Waals surface area contributed by atoms with Crippen LogP contribution in [-0.2, 0) is 13.0 Å². The molecule has 0 heterocycles. The van der Waals surface area contributed by atoms with Crippen molar-refractivity contribution in [2.75, 3.05) is 19.0 Å². The summed E-state index contributed by atoms with van der Waals surface area (Å²) in [4.78, 5) is 0. The monoisotopic (exact) mass is 271 g/mol. The van der Waals surface area contributed by atoms with E-state index in [0.717, 1.165) is 30.8 Å². The van der Waals surface area contributed by atoms with Crippen molar-refractivity contribution in [1.82, 2.24) is 0 Å². The lowest BCUT2D eigenvalue weighted by Gasteiger charge is -2.09. The first kappa shape index (κ1) is 14.4. The Kier molecular flexibility index (Phi) is 5.44. The second-order valence-electron chi connectivity index (χ2n) is 4.73. The number of anilines is 1. The molecule has 3 heteroatoms. The van der Waals surface area contributed by atoms with E-state index in [1.807, 2.05) is 24.3 Å². The van der Waals surface area contributed by atoms with Gasteiger partial charge >= 0.3 is 0 Å². The molecule has 0 saturated carbocycles. The molecule has 20 heavy (non-hydrogen) atoms. The highest BCUT2D eigenvalue weighted by molar-refractivity contribution is 5.46. The first-order valence-corrected chi connectivity index (χ1v) is 6.88. The van der Waals surface area contributed by atoms with Crippen molar-refractivity contribution in [2.45, 2.75) is 19.4 Å². The predicted molar refractivity (Wildman–Crippen MR) is 82.2 cm³/mol. The zero-order chi connectivity index (χ0) is 14.2. The molecule has 0 saturated heterocycles. The molecule has 0 aromatic heterocycles. The fourth-order valence-corrected chi connectivity index (χ4v) is 2.11. The van der Waals surface area contributed by atoms with Gasteiger partial charge in [0.2, 0.25) is 0 Å². The minimum Gasteiger partial charge on any atom is -0.497 e. The summed E-state index contributed by atoms with van der Waals surface area (Å²) in [6, 6.07) is 16.4. The molecular formula is C17H21NO2. The van der Waals surface area contributed by atoms with Gasteiger partial charge in [-0.1, -0.05) is 24.3 Å². The van der Waals surface area contributed by atoms with Gasteiger partial charge < -0.3 is 15.2 Å². The molecule has 0 aliphatic carbocycles. The molecule has 0 aliphatic heterocycles. The number of aliphatic hydroxyl groups is 1. The van der Waals surface area contributed by atoms with Crippen LogP contribution in [0.1, 0.15) is 17.5 Å². The molecule has 0 spiro atoms. The third kappa shape index (κ3) is 4.28. The Morgan fingerprint density at radius 1 is 1.05 bits per heavy atom. The molecule has 0 bridgehead atoms. The summed E-state index contributed by atoms with van der Waals surface area (Å²) in [5.74, 6) is 0.876. The number of methoxy groups -OCH3 is 1. The quantitative estimate of drug-likeness (QED) is 0.812. The summed E-state index contributed by atoms with van der Waals surface area (Å²) in [5.41, 5.74) is 3.53. The van der Waals surface area contributed by atoms with Crippen molar-refractivity contribution < 1.29 is 9.84 Å². The normalized spacial score (nSPS) is 10.3. The Morgan fingerprint density at radius 2 is 1.85 bits per heavy atom. The molecule has 2 rings (SSSR count). The number of hydrogen-bond donors (Lipinski definition) is 2. The number of hydrogen-bond acceptors (Lipinski definition) is 3. The molecule has 0 unspecified atom stereocenters. The van der Waals surface area contributed by atoms with Gasteiger partial charge in [0.05, 0.1) is 7.11 Å². The maximum absolute atomic E-state index is 8.87. The van der Waals surface area contributed by atoms with Crippen molar-refractivity contribution in [2.24, 2.45) is 0 Å². The van der Waals surface area contributed by atoms with Gasteiger partial charge in [-0.25, -0.2) is 0 Å². The second-order valence-corrected chi connectivity index (χ2v) is 4.73. The van der Waals surface area contributed by atoms with Crippen LogP contribution in [0, 0.1) is 0 Å². The Labute approximate surface area is 120 Å². The van der Waals surface area contributed by atoms with Gasteiger partial charge in [-0.3, -0.25) is 0 Å². The van der Waals surface area contributed by atoms with Crippen molar-refractivity contribution in [1.29, 1.82) is 0 Å². The maximum atomic E-state index is 8.87. The van der Waals surface area contributed by atoms with Crippen LogP contribution in [-0.4, -0.2) is 18.8 Å². The van der Waals surface area contributed by atoms with E-state index < -0.39 is 0 Å². The Bertz CT molecular complexity index is 540. The molecule has 2 aromatic rings. The highest BCUT2D eigenvalue weighted by atomic mass is 16.5. The highest BCUT2D eigenvalue weighted by Gasteiger charge is 1.98. The summed E-state index contributed by atoms with van der Waals surface area (Å²) in [7, 11) is 1.68. The lowest BCUT2D eigenvalue weighted by Crippen LogP contribution is -2.00. The van der Waals surface area contributed by atoms with Crippen LogP contribution in [0.25, 0.3) is 0 Å². The summed E-state index contributed by atoms with van der Waals surface area (Å²) in [5, 5.41) is 12.3. The number of nitrogens with one attached hydrogen (secondary N) is 1. The van der Waals surface area contributed by atoms with E-state index in [-0.39, 0.29) is 6.61 Å². The standard InChI is InChI=1S/C17H21NO2/c1-20-17-9-3-6-15(12-17)13-18-16-8-2-5-14(11-16)7-4-10-19/h2-3,5-6,8-9,11-12,18-19H,4,7,10,13H2,1H3. The lowest BCUT2D eigenvalue weighted by atomic mass is 10.1. The first-order valence-electron chi connectivity index (χ1n) is 6.88. The third-order valence-corrected chi connectivity index (χ3v) is 3.18. The van der Waals surface area contributed by atoms with Gasteiger partial charge in [0.1, 0.15) is 5.75 Å². The van der Waals surface area contributed by atoms with Gasteiger partial charge in [-0.15, -0.1) is 0 Å². The van der Waals surface area contributed by atoms with E-state index in [4.69, 9.17) is 9.84 Å². The molecule has 0 atom stereocenters. The van der Waals surface area contributed by atoms with Gasteiger partial charge in [0.25, 0.3) is 0 Å². The molecule has 0 amide bonds. The minimum absolute atomic E-state index is 0.238. The van der Waals surface area contributed by atoms with Crippen LogP contribution in [0.15, 0.2) is 48.5 Å². The van der Waals surface area contributed by atoms with Crippen molar-refractivity contribution in [3.05, 3.63) is 59.7 Å². The fourth-order valence-electron chi connectivity index (χ4n) is 2.11. The predicted octanol–water partition coefficient (Wildman–Crippen LogP) is 3.23. The van der Waals surface area contributed by atoms with Crippen LogP contribution in [0.2, 0.25) is 0 Å². The maximum Gasteiger partial charge on any atom is 0.119 e. The van der Waals surface area contributed by atoms with E-state index in [1.54, 1.807) is 7.11 Å². The number of aliphatic hydroxyl groups excluding tert-OH is 1. The average Bonchev–Trinajstić information content (AvgIpc) is 2.51. The van der Waals surface area contributed by atoms with E-state index >= 15 is 0 Å². The molecule has 3 nitrogen and oxygen atoms in total. The van der Waals surface area contributed by atoms with Crippen molar-refractivity contribution in [3.63, 3.8) is 0 Å². The van der Waals surface area contributed by atoms with Crippen molar-refractivity contribution >= 4 is 5.69 Å². The van der Waals surface area contributed by atoms with Crippen LogP contribution in [0.4, 0.5) is 5.69 Å². The largest absolute Gasteiger partial charge is 0.497 e. The van der Waals surface area contributed by atoms with Gasteiger partial charge in [-0.05, 0) is 48.2 Å².